The lowest BCUT2D eigenvalue weighted by atomic mass is 10.3. The van der Waals surface area contributed by atoms with Gasteiger partial charge >= 0.3 is 5.69 Å². The van der Waals surface area contributed by atoms with Crippen molar-refractivity contribution >= 4 is 27.4 Å². The first-order chi connectivity index (χ1) is 10.2. The second kappa shape index (κ2) is 5.69. The molecular formula is C14H17N5OS. The fourth-order valence-corrected chi connectivity index (χ4v) is 3.02. The number of thiophene rings is 1. The molecule has 6 nitrogen and oxygen atoms in total. The molecule has 21 heavy (non-hydrogen) atoms. The van der Waals surface area contributed by atoms with E-state index in [-0.39, 0.29) is 5.69 Å². The van der Waals surface area contributed by atoms with Crippen molar-refractivity contribution in [1.29, 1.82) is 0 Å². The Morgan fingerprint density at radius 2 is 2.05 bits per heavy atom. The minimum Gasteiger partial charge on any atom is -0.370 e. The van der Waals surface area contributed by atoms with Crippen LogP contribution in [0.25, 0.3) is 10.2 Å². The third kappa shape index (κ3) is 2.56. The lowest BCUT2D eigenvalue weighted by molar-refractivity contribution is 0.654. The lowest BCUT2D eigenvalue weighted by Crippen LogP contribution is -2.24. The Morgan fingerprint density at radius 1 is 1.24 bits per heavy atom. The molecule has 0 fully saturated rings. The molecule has 3 heterocycles. The fourth-order valence-electron chi connectivity index (χ4n) is 2.24. The molecule has 0 saturated heterocycles. The van der Waals surface area contributed by atoms with Crippen LogP contribution in [0.2, 0.25) is 0 Å². The maximum atomic E-state index is 12.1. The van der Waals surface area contributed by atoms with Crippen molar-refractivity contribution in [3.8, 4) is 0 Å². The van der Waals surface area contributed by atoms with E-state index in [0.717, 1.165) is 22.6 Å². The largest absolute Gasteiger partial charge is 0.370 e. The van der Waals surface area contributed by atoms with E-state index in [4.69, 9.17) is 0 Å². The number of fused-ring (bicyclic) bond motifs is 1. The third-order valence-corrected chi connectivity index (χ3v) is 4.09. The smallest absolute Gasteiger partial charge is 0.328 e. The first-order valence-corrected chi connectivity index (χ1v) is 7.84. The lowest BCUT2D eigenvalue weighted by Gasteiger charge is -2.07. The highest BCUT2D eigenvalue weighted by Gasteiger charge is 2.10. The highest BCUT2D eigenvalue weighted by atomic mass is 32.1. The number of nitrogens with zero attached hydrogens (tertiary/aromatic N) is 4. The van der Waals surface area contributed by atoms with Crippen LogP contribution < -0.4 is 11.0 Å². The van der Waals surface area contributed by atoms with Gasteiger partial charge in [0, 0.05) is 25.5 Å². The Balaban J connectivity index is 2.00. The van der Waals surface area contributed by atoms with E-state index in [9.17, 15) is 4.79 Å². The number of aromatic nitrogens is 4. The van der Waals surface area contributed by atoms with Crippen LogP contribution >= 0.6 is 11.3 Å². The second-order valence-electron chi connectivity index (χ2n) is 4.65. The van der Waals surface area contributed by atoms with E-state index in [2.05, 4.69) is 15.3 Å². The molecule has 0 amide bonds. The van der Waals surface area contributed by atoms with Crippen molar-refractivity contribution in [2.24, 2.45) is 0 Å². The van der Waals surface area contributed by atoms with Crippen LogP contribution in [-0.2, 0) is 13.1 Å². The zero-order chi connectivity index (χ0) is 14.8. The molecular weight excluding hydrogens is 286 g/mol. The van der Waals surface area contributed by atoms with Crippen LogP contribution in [0.3, 0.4) is 0 Å². The molecule has 0 aliphatic carbocycles. The van der Waals surface area contributed by atoms with Crippen molar-refractivity contribution in [2.75, 3.05) is 11.9 Å². The third-order valence-electron chi connectivity index (χ3n) is 3.29. The van der Waals surface area contributed by atoms with Gasteiger partial charge in [0.05, 0.1) is 11.9 Å². The molecule has 1 N–H and O–H groups in total. The van der Waals surface area contributed by atoms with Crippen LogP contribution in [0, 0.1) is 0 Å². The van der Waals surface area contributed by atoms with Crippen LogP contribution in [0.1, 0.15) is 19.7 Å². The van der Waals surface area contributed by atoms with Gasteiger partial charge < -0.3 is 5.32 Å². The molecule has 3 aromatic rings. The molecule has 0 aromatic carbocycles. The summed E-state index contributed by atoms with van der Waals surface area (Å²) >= 11 is 1.58. The number of anilines is 1. The normalized spacial score (nSPS) is 11.1. The summed E-state index contributed by atoms with van der Waals surface area (Å²) < 4.78 is 3.29. The Kier molecular flexibility index (Phi) is 3.74. The molecule has 0 aliphatic heterocycles. The predicted molar refractivity (Wildman–Crippen MR) is 85.0 cm³/mol. The van der Waals surface area contributed by atoms with Crippen LogP contribution in [-0.4, -0.2) is 25.6 Å². The zero-order valence-electron chi connectivity index (χ0n) is 12.0. The van der Waals surface area contributed by atoms with Gasteiger partial charge in [-0.25, -0.2) is 14.8 Å². The van der Waals surface area contributed by atoms with Crippen molar-refractivity contribution in [1.82, 2.24) is 19.1 Å². The Morgan fingerprint density at radius 3 is 2.76 bits per heavy atom. The molecule has 0 unspecified atom stereocenters. The number of rotatable bonds is 5. The van der Waals surface area contributed by atoms with Gasteiger partial charge in [-0.2, -0.15) is 0 Å². The standard InChI is InChI=1S/C14H17N5OS/c1-3-15-12-10-5-8-21-13(10)17-11(16-12)9-19-7-6-18(4-2)14(19)20/h5-8H,3-4,9H2,1-2H3,(H,15,16,17). The van der Waals surface area contributed by atoms with Gasteiger partial charge in [0.25, 0.3) is 0 Å². The molecule has 0 atom stereocenters. The summed E-state index contributed by atoms with van der Waals surface area (Å²) in [5, 5.41) is 6.29. The number of imidazole rings is 1. The van der Waals surface area contributed by atoms with E-state index in [0.29, 0.717) is 18.9 Å². The van der Waals surface area contributed by atoms with Gasteiger partial charge in [-0.05, 0) is 25.3 Å². The maximum absolute atomic E-state index is 12.1. The monoisotopic (exact) mass is 303 g/mol. The summed E-state index contributed by atoms with van der Waals surface area (Å²) in [6.07, 6.45) is 3.57. The minimum atomic E-state index is -0.0302. The fraction of sp³-hybridized carbons (Fsp3) is 0.357. The summed E-state index contributed by atoms with van der Waals surface area (Å²) in [6, 6.07) is 2.02. The molecule has 0 bridgehead atoms. The Labute approximate surface area is 126 Å². The summed E-state index contributed by atoms with van der Waals surface area (Å²) in [4.78, 5) is 22.1. The first kappa shape index (κ1) is 13.8. The van der Waals surface area contributed by atoms with Crippen molar-refractivity contribution in [2.45, 2.75) is 26.9 Å². The number of nitrogens with one attached hydrogen (secondary N) is 1. The summed E-state index contributed by atoms with van der Waals surface area (Å²) in [5.74, 6) is 1.48. The highest BCUT2D eigenvalue weighted by molar-refractivity contribution is 7.16. The van der Waals surface area contributed by atoms with Crippen molar-refractivity contribution in [3.05, 3.63) is 40.1 Å². The molecule has 3 rings (SSSR count). The SMILES string of the molecule is CCNc1nc(Cn2ccn(CC)c2=O)nc2sccc12. The minimum absolute atomic E-state index is 0.0302. The molecule has 110 valence electrons. The van der Waals surface area contributed by atoms with E-state index >= 15 is 0 Å². The van der Waals surface area contributed by atoms with E-state index in [1.165, 1.54) is 0 Å². The average molecular weight is 303 g/mol. The topological polar surface area (TPSA) is 64.7 Å². The molecule has 0 radical (unpaired) electrons. The van der Waals surface area contributed by atoms with Crippen LogP contribution in [0.4, 0.5) is 5.82 Å². The van der Waals surface area contributed by atoms with Crippen molar-refractivity contribution in [3.63, 3.8) is 0 Å². The van der Waals surface area contributed by atoms with E-state index < -0.39 is 0 Å². The van der Waals surface area contributed by atoms with Gasteiger partial charge in [0.2, 0.25) is 0 Å². The highest BCUT2D eigenvalue weighted by Crippen LogP contribution is 2.25. The first-order valence-electron chi connectivity index (χ1n) is 6.96. The number of hydrogen-bond acceptors (Lipinski definition) is 5. The average Bonchev–Trinajstić information content (AvgIpc) is 3.07. The van der Waals surface area contributed by atoms with Gasteiger partial charge in [-0.3, -0.25) is 9.13 Å². The number of hydrogen-bond donors (Lipinski definition) is 1. The molecule has 0 spiro atoms. The predicted octanol–water partition coefficient (Wildman–Crippen LogP) is 2.15. The molecule has 3 aromatic heterocycles. The van der Waals surface area contributed by atoms with Crippen molar-refractivity contribution < 1.29 is 0 Å². The van der Waals surface area contributed by atoms with Gasteiger partial charge in [0.1, 0.15) is 10.6 Å². The molecule has 7 heteroatoms. The quantitative estimate of drug-likeness (QED) is 0.784. The summed E-state index contributed by atoms with van der Waals surface area (Å²) in [5.41, 5.74) is -0.0302. The van der Waals surface area contributed by atoms with Gasteiger partial charge in [-0.15, -0.1) is 11.3 Å². The molecule has 0 saturated carbocycles. The Hall–Kier alpha value is -2.15. The van der Waals surface area contributed by atoms with E-state index in [1.54, 1.807) is 32.9 Å². The van der Waals surface area contributed by atoms with Gasteiger partial charge in [0.15, 0.2) is 5.82 Å². The number of aryl methyl sites for hydroxylation is 1. The van der Waals surface area contributed by atoms with Gasteiger partial charge in [-0.1, -0.05) is 0 Å². The summed E-state index contributed by atoms with van der Waals surface area (Å²) in [7, 11) is 0. The molecule has 0 aliphatic rings. The van der Waals surface area contributed by atoms with Crippen LogP contribution in [0.5, 0.6) is 0 Å². The zero-order valence-corrected chi connectivity index (χ0v) is 12.9. The Bertz CT molecular complexity index is 816. The van der Waals surface area contributed by atoms with E-state index in [1.807, 2.05) is 25.3 Å². The second-order valence-corrected chi connectivity index (χ2v) is 5.55. The summed E-state index contributed by atoms with van der Waals surface area (Å²) in [6.45, 7) is 5.83. The van der Waals surface area contributed by atoms with Crippen LogP contribution in [0.15, 0.2) is 28.6 Å². The maximum Gasteiger partial charge on any atom is 0.328 e.